The van der Waals surface area contributed by atoms with E-state index in [-0.39, 0.29) is 17.5 Å². The Bertz CT molecular complexity index is 521. The smallest absolute Gasteiger partial charge is 0.239 e. The van der Waals surface area contributed by atoms with E-state index in [0.717, 1.165) is 0 Å². The summed E-state index contributed by atoms with van der Waals surface area (Å²) in [6.45, 7) is 0. The lowest BCUT2D eigenvalue weighted by molar-refractivity contribution is 0.459. The highest BCUT2D eigenvalue weighted by Crippen LogP contribution is 2.25. The van der Waals surface area contributed by atoms with Gasteiger partial charge in [0.25, 0.3) is 0 Å². The first kappa shape index (κ1) is 10.8. The molecule has 0 aliphatic rings. The molecule has 0 aliphatic heterocycles. The molecule has 1 aromatic carbocycles. The number of benzene rings is 1. The lowest BCUT2D eigenvalue weighted by Gasteiger charge is -2.05. The normalized spacial score (nSPS) is 10.1. The first-order chi connectivity index (χ1) is 7.65. The van der Waals surface area contributed by atoms with Gasteiger partial charge in [-0.1, -0.05) is 0 Å². The highest BCUT2D eigenvalue weighted by molar-refractivity contribution is 9.10. The lowest BCUT2D eigenvalue weighted by atomic mass is 10.3. The van der Waals surface area contributed by atoms with Gasteiger partial charge in [0, 0.05) is 0 Å². The molecular formula is C10H7BrFN3O. The minimum absolute atomic E-state index is 0.263. The average Bonchev–Trinajstić information content (AvgIpc) is 2.24. The van der Waals surface area contributed by atoms with Gasteiger partial charge in [-0.15, -0.1) is 0 Å². The monoisotopic (exact) mass is 283 g/mol. The van der Waals surface area contributed by atoms with Crippen LogP contribution in [0.15, 0.2) is 35.1 Å². The Hall–Kier alpha value is -1.69. The zero-order valence-electron chi connectivity index (χ0n) is 8.02. The highest BCUT2D eigenvalue weighted by Gasteiger charge is 2.03. The second-order valence-electron chi connectivity index (χ2n) is 2.96. The standard InChI is InChI=1S/C10H7BrFN3O/c11-7-3-6(1-2-8(7)12)16-10-5-14-4-9(13)15-10/h1-5H,(H2,13,15). The SMILES string of the molecule is Nc1cncc(Oc2ccc(F)c(Br)c2)n1. The van der Waals surface area contributed by atoms with Gasteiger partial charge in [0.05, 0.1) is 16.9 Å². The molecule has 0 saturated carbocycles. The summed E-state index contributed by atoms with van der Waals surface area (Å²) in [4.78, 5) is 7.73. The van der Waals surface area contributed by atoms with Gasteiger partial charge in [-0.25, -0.2) is 4.39 Å². The van der Waals surface area contributed by atoms with Crippen LogP contribution in [-0.4, -0.2) is 9.97 Å². The molecule has 2 aromatic rings. The molecule has 2 N–H and O–H groups in total. The quantitative estimate of drug-likeness (QED) is 0.921. The van der Waals surface area contributed by atoms with Crippen LogP contribution in [0.2, 0.25) is 0 Å². The summed E-state index contributed by atoms with van der Waals surface area (Å²) in [7, 11) is 0. The van der Waals surface area contributed by atoms with Crippen molar-refractivity contribution in [3.63, 3.8) is 0 Å². The van der Waals surface area contributed by atoms with Crippen LogP contribution in [-0.2, 0) is 0 Å². The number of halogens is 2. The molecule has 0 bridgehead atoms. The fourth-order valence-corrected chi connectivity index (χ4v) is 1.43. The summed E-state index contributed by atoms with van der Waals surface area (Å²) in [5.74, 6) is 0.622. The molecule has 0 atom stereocenters. The van der Waals surface area contributed by atoms with Crippen molar-refractivity contribution in [1.29, 1.82) is 0 Å². The van der Waals surface area contributed by atoms with Crippen LogP contribution >= 0.6 is 15.9 Å². The Morgan fingerprint density at radius 3 is 2.81 bits per heavy atom. The highest BCUT2D eigenvalue weighted by atomic mass is 79.9. The maximum Gasteiger partial charge on any atom is 0.239 e. The molecule has 0 radical (unpaired) electrons. The zero-order chi connectivity index (χ0) is 11.5. The van der Waals surface area contributed by atoms with E-state index >= 15 is 0 Å². The van der Waals surface area contributed by atoms with Crippen molar-refractivity contribution in [2.45, 2.75) is 0 Å². The van der Waals surface area contributed by atoms with Crippen LogP contribution in [0.4, 0.5) is 10.2 Å². The molecule has 1 heterocycles. The van der Waals surface area contributed by atoms with Gasteiger partial charge >= 0.3 is 0 Å². The lowest BCUT2D eigenvalue weighted by Crippen LogP contribution is -1.94. The maximum atomic E-state index is 13.0. The third-order valence-electron chi connectivity index (χ3n) is 1.74. The van der Waals surface area contributed by atoms with E-state index in [0.29, 0.717) is 10.2 Å². The third kappa shape index (κ3) is 2.46. The molecule has 0 unspecified atom stereocenters. The predicted molar refractivity (Wildman–Crippen MR) is 60.6 cm³/mol. The van der Waals surface area contributed by atoms with Gasteiger partial charge in [-0.05, 0) is 34.1 Å². The number of hydrogen-bond acceptors (Lipinski definition) is 4. The molecule has 0 spiro atoms. The molecule has 16 heavy (non-hydrogen) atoms. The number of rotatable bonds is 2. The van der Waals surface area contributed by atoms with E-state index in [9.17, 15) is 4.39 Å². The Morgan fingerprint density at radius 2 is 2.12 bits per heavy atom. The Morgan fingerprint density at radius 1 is 1.31 bits per heavy atom. The van der Waals surface area contributed by atoms with Crippen molar-refractivity contribution < 1.29 is 9.13 Å². The van der Waals surface area contributed by atoms with Crippen molar-refractivity contribution in [2.24, 2.45) is 0 Å². The topological polar surface area (TPSA) is 61.0 Å². The van der Waals surface area contributed by atoms with Crippen molar-refractivity contribution in [2.75, 3.05) is 5.73 Å². The molecular weight excluding hydrogens is 277 g/mol. The number of nitrogens with zero attached hydrogens (tertiary/aromatic N) is 2. The van der Waals surface area contributed by atoms with E-state index in [4.69, 9.17) is 10.5 Å². The zero-order valence-corrected chi connectivity index (χ0v) is 9.61. The maximum absolute atomic E-state index is 13.0. The fraction of sp³-hybridized carbons (Fsp3) is 0. The summed E-state index contributed by atoms with van der Waals surface area (Å²) in [5, 5.41) is 0. The van der Waals surface area contributed by atoms with Crippen LogP contribution in [0.25, 0.3) is 0 Å². The van der Waals surface area contributed by atoms with Crippen LogP contribution in [0.1, 0.15) is 0 Å². The average molecular weight is 284 g/mol. The van der Waals surface area contributed by atoms with Crippen molar-refractivity contribution in [3.05, 3.63) is 40.9 Å². The fourth-order valence-electron chi connectivity index (χ4n) is 1.07. The second-order valence-corrected chi connectivity index (χ2v) is 3.81. The molecule has 82 valence electrons. The molecule has 0 saturated heterocycles. The first-order valence-corrected chi connectivity index (χ1v) is 5.15. The van der Waals surface area contributed by atoms with Crippen LogP contribution in [0.5, 0.6) is 11.6 Å². The number of nitrogen functional groups attached to an aromatic ring is 1. The van der Waals surface area contributed by atoms with E-state index < -0.39 is 0 Å². The molecule has 1 aromatic heterocycles. The number of anilines is 1. The van der Waals surface area contributed by atoms with E-state index in [1.165, 1.54) is 30.6 Å². The molecule has 6 heteroatoms. The predicted octanol–water partition coefficient (Wildman–Crippen LogP) is 2.75. The minimum Gasteiger partial charge on any atom is -0.437 e. The molecule has 4 nitrogen and oxygen atoms in total. The van der Waals surface area contributed by atoms with E-state index in [2.05, 4.69) is 25.9 Å². The summed E-state index contributed by atoms with van der Waals surface area (Å²) in [6, 6.07) is 4.28. The molecule has 2 rings (SSSR count). The Labute approximate surface area is 99.4 Å². The van der Waals surface area contributed by atoms with Gasteiger partial charge in [0.1, 0.15) is 17.4 Å². The molecule has 0 fully saturated rings. The van der Waals surface area contributed by atoms with E-state index in [1.807, 2.05) is 0 Å². The third-order valence-corrected chi connectivity index (χ3v) is 2.35. The van der Waals surface area contributed by atoms with Gasteiger partial charge in [-0.3, -0.25) is 4.98 Å². The molecule has 0 amide bonds. The van der Waals surface area contributed by atoms with Gasteiger partial charge in [0.2, 0.25) is 5.88 Å². The number of hydrogen-bond donors (Lipinski definition) is 1. The summed E-state index contributed by atoms with van der Waals surface area (Å²) >= 11 is 3.06. The summed E-state index contributed by atoms with van der Waals surface area (Å²) in [6.07, 6.45) is 2.83. The van der Waals surface area contributed by atoms with Crippen molar-refractivity contribution in [3.8, 4) is 11.6 Å². The van der Waals surface area contributed by atoms with Gasteiger partial charge in [0.15, 0.2) is 0 Å². The number of nitrogens with two attached hydrogens (primary N) is 1. The number of aromatic nitrogens is 2. The van der Waals surface area contributed by atoms with Gasteiger partial charge in [-0.2, -0.15) is 4.98 Å². The van der Waals surface area contributed by atoms with Crippen molar-refractivity contribution >= 4 is 21.7 Å². The van der Waals surface area contributed by atoms with Crippen molar-refractivity contribution in [1.82, 2.24) is 9.97 Å². The Kier molecular flexibility index (Phi) is 3.00. The Balaban J connectivity index is 2.24. The van der Waals surface area contributed by atoms with Gasteiger partial charge < -0.3 is 10.5 Å². The first-order valence-electron chi connectivity index (χ1n) is 4.35. The largest absolute Gasteiger partial charge is 0.437 e. The van der Waals surface area contributed by atoms with Crippen LogP contribution < -0.4 is 10.5 Å². The number of ether oxygens (including phenoxy) is 1. The van der Waals surface area contributed by atoms with Crippen LogP contribution in [0.3, 0.4) is 0 Å². The van der Waals surface area contributed by atoms with Crippen LogP contribution in [0, 0.1) is 5.82 Å². The summed E-state index contributed by atoms with van der Waals surface area (Å²) in [5.41, 5.74) is 5.44. The second kappa shape index (κ2) is 4.44. The summed E-state index contributed by atoms with van der Waals surface area (Å²) < 4.78 is 18.6. The van der Waals surface area contributed by atoms with E-state index in [1.54, 1.807) is 0 Å². The molecule has 0 aliphatic carbocycles. The minimum atomic E-state index is -0.356.